The van der Waals surface area contributed by atoms with E-state index >= 15 is 0 Å². The second-order valence-corrected chi connectivity index (χ2v) is 24.2. The number of hydrogen-bond donors (Lipinski definition) is 5. The summed E-state index contributed by atoms with van der Waals surface area (Å²) in [5.74, 6) is -1.20. The zero-order valence-electron chi connectivity index (χ0n) is 43.4. The largest absolute Gasteiger partial charge is 0.790 e. The van der Waals surface area contributed by atoms with Gasteiger partial charge in [-0.3, -0.25) is 28.1 Å². The van der Waals surface area contributed by atoms with Gasteiger partial charge in [-0.1, -0.05) is 141 Å². The summed E-state index contributed by atoms with van der Waals surface area (Å²) in [5.41, 5.74) is 4.09. The molecular formula is C47H78N7O17P3S-4. The van der Waals surface area contributed by atoms with E-state index in [4.69, 9.17) is 10.5 Å². The quantitative estimate of drug-likeness (QED) is 0.0251. The molecule has 428 valence electrons. The number of nitrogens with two attached hydrogens (primary N) is 1. The number of nitrogen functional groups attached to an aromatic ring is 1. The molecule has 0 aromatic carbocycles. The van der Waals surface area contributed by atoms with Crippen LogP contribution in [0.2, 0.25) is 0 Å². The van der Waals surface area contributed by atoms with E-state index in [0.717, 1.165) is 48.2 Å². The SMILES string of the molecule is CCCCCCCC/C=C\CCCCCCCCCCCCC/C=C/C(=O)SCCNC(=O)CCNC(=O)[C@H](O)C(C)(C)COP(=O)([O-])OP(=O)([O-])OC[C@H]1O[C@@H](n2cnc3c(N)ncnc32)[C@H](O)[C@@H]1OP(=O)([O-])[O-]. The molecule has 2 amide bonds. The first-order chi connectivity index (χ1) is 35.6. The van der Waals surface area contributed by atoms with Crippen molar-refractivity contribution in [2.24, 2.45) is 5.41 Å². The molecule has 0 spiro atoms. The molecule has 0 radical (unpaired) electrons. The van der Waals surface area contributed by atoms with Crippen LogP contribution in [0.1, 0.15) is 162 Å². The number of aliphatic hydroxyl groups is 2. The average Bonchev–Trinajstić information content (AvgIpc) is 3.91. The number of imidazole rings is 1. The first-order valence-electron chi connectivity index (χ1n) is 25.9. The standard InChI is InChI=1S/C47H82N7O17P3S/c1-4-5-6-7-8-9-10-11-12-13-14-15-16-17-18-19-20-21-22-23-24-25-26-27-38(56)75-31-30-49-37(55)28-29-50-45(59)42(58)47(2,3)33-68-74(65,66)71-73(63,64)67-32-36-41(70-72(60,61)62)40(57)46(69-36)54-35-53-39-43(48)51-34-52-44(39)54/h11-12,26-27,34-36,40-42,46,57-58H,4-10,13-25,28-33H2,1-3H3,(H,49,55)(H,50,59)(H,63,64)(H,65,66)(H2,48,51,52)(H2,60,61,62)/p-4/b12-11-,27-26+/t36-,40-,41-,42+,46-/m1/s1. The van der Waals surface area contributed by atoms with Crippen LogP contribution in [-0.2, 0) is 50.7 Å². The Hall–Kier alpha value is -2.96. The normalized spacial score (nSPS) is 19.4. The summed E-state index contributed by atoms with van der Waals surface area (Å²) in [4.78, 5) is 97.0. The summed E-state index contributed by atoms with van der Waals surface area (Å²) in [5, 5.41) is 26.3. The first kappa shape index (κ1) is 66.3. The number of carbonyl (C=O) groups excluding carboxylic acids is 3. The number of hydrogen-bond acceptors (Lipinski definition) is 22. The van der Waals surface area contributed by atoms with Gasteiger partial charge in [0.2, 0.25) is 16.9 Å². The van der Waals surface area contributed by atoms with E-state index in [2.05, 4.69) is 62.5 Å². The monoisotopic (exact) mass is 1140 g/mol. The maximum absolute atomic E-state index is 12.7. The van der Waals surface area contributed by atoms with Gasteiger partial charge >= 0.3 is 0 Å². The van der Waals surface area contributed by atoms with Gasteiger partial charge in [0.15, 0.2) is 17.7 Å². The van der Waals surface area contributed by atoms with Crippen molar-refractivity contribution < 1.29 is 80.5 Å². The number of nitrogens with one attached hydrogen (secondary N) is 2. The summed E-state index contributed by atoms with van der Waals surface area (Å²) in [7, 11) is -17.6. The number of aliphatic hydroxyl groups excluding tert-OH is 2. The lowest BCUT2D eigenvalue weighted by Crippen LogP contribution is -2.46. The highest BCUT2D eigenvalue weighted by Gasteiger charge is 2.47. The van der Waals surface area contributed by atoms with Gasteiger partial charge < -0.3 is 69.0 Å². The topological polar surface area (TPSA) is 375 Å². The minimum absolute atomic E-state index is 0.0193. The van der Waals surface area contributed by atoms with Gasteiger partial charge in [-0.15, -0.1) is 0 Å². The van der Waals surface area contributed by atoms with E-state index in [1.165, 1.54) is 123 Å². The Balaban J connectivity index is 1.22. The molecule has 1 saturated heterocycles. The van der Waals surface area contributed by atoms with E-state index in [1.54, 1.807) is 6.08 Å². The third kappa shape index (κ3) is 27.0. The van der Waals surface area contributed by atoms with Crippen LogP contribution in [0.25, 0.3) is 11.2 Å². The number of unbranched alkanes of at least 4 members (excludes halogenated alkanes) is 18. The average molecular weight is 1140 g/mol. The van der Waals surface area contributed by atoms with E-state index in [1.807, 2.05) is 6.08 Å². The fraction of sp³-hybridized carbons (Fsp3) is 0.745. The van der Waals surface area contributed by atoms with E-state index in [0.29, 0.717) is 5.75 Å². The van der Waals surface area contributed by atoms with Gasteiger partial charge in [0, 0.05) is 30.7 Å². The molecule has 0 aliphatic carbocycles. The van der Waals surface area contributed by atoms with Gasteiger partial charge in [-0.05, 0) is 44.6 Å². The molecule has 7 atom stereocenters. The van der Waals surface area contributed by atoms with Crippen molar-refractivity contribution in [1.82, 2.24) is 30.2 Å². The summed E-state index contributed by atoms with van der Waals surface area (Å²) < 4.78 is 60.9. The molecule has 75 heavy (non-hydrogen) atoms. The lowest BCUT2D eigenvalue weighted by molar-refractivity contribution is -0.347. The Labute approximate surface area is 444 Å². The maximum atomic E-state index is 12.7. The lowest BCUT2D eigenvalue weighted by Gasteiger charge is -2.36. The molecule has 1 fully saturated rings. The third-order valence-corrected chi connectivity index (χ3v) is 15.9. The zero-order chi connectivity index (χ0) is 55.3. The van der Waals surface area contributed by atoms with Gasteiger partial charge in [-0.25, -0.2) is 19.3 Å². The zero-order valence-corrected chi connectivity index (χ0v) is 46.9. The van der Waals surface area contributed by atoms with Crippen LogP contribution in [0, 0.1) is 5.41 Å². The summed E-state index contributed by atoms with van der Waals surface area (Å²) in [6.45, 7) is 2.38. The minimum atomic E-state index is -5.92. The fourth-order valence-electron chi connectivity index (χ4n) is 7.88. The van der Waals surface area contributed by atoms with Crippen molar-refractivity contribution in [1.29, 1.82) is 0 Å². The highest BCUT2D eigenvalue weighted by Crippen LogP contribution is 2.56. The molecular weight excluding hydrogens is 1060 g/mol. The maximum Gasteiger partial charge on any atom is 0.274 e. The van der Waals surface area contributed by atoms with Crippen LogP contribution in [-0.4, -0.2) is 103 Å². The first-order valence-corrected chi connectivity index (χ1v) is 31.2. The van der Waals surface area contributed by atoms with Crippen LogP contribution in [0.4, 0.5) is 5.82 Å². The lowest BCUT2D eigenvalue weighted by atomic mass is 9.87. The van der Waals surface area contributed by atoms with E-state index in [-0.39, 0.29) is 41.6 Å². The molecule has 1 aliphatic rings. The predicted octanol–water partition coefficient (Wildman–Crippen LogP) is 5.07. The van der Waals surface area contributed by atoms with Gasteiger partial charge in [-0.2, -0.15) is 0 Å². The number of anilines is 1. The number of nitrogens with zero attached hydrogens (tertiary/aromatic N) is 4. The van der Waals surface area contributed by atoms with Crippen molar-refractivity contribution in [2.45, 2.75) is 186 Å². The molecule has 24 nitrogen and oxygen atoms in total. The number of phosphoric ester groups is 3. The van der Waals surface area contributed by atoms with Crippen LogP contribution >= 0.6 is 35.2 Å². The number of carbonyl (C=O) groups is 3. The van der Waals surface area contributed by atoms with Crippen molar-refractivity contribution >= 4 is 69.1 Å². The van der Waals surface area contributed by atoms with Crippen molar-refractivity contribution in [3.8, 4) is 0 Å². The van der Waals surface area contributed by atoms with Crippen molar-refractivity contribution in [2.75, 3.05) is 37.8 Å². The Bertz CT molecular complexity index is 2240. The van der Waals surface area contributed by atoms with Crippen LogP contribution in [0.5, 0.6) is 0 Å². The second-order valence-electron chi connectivity index (χ2n) is 19.0. The van der Waals surface area contributed by atoms with Crippen molar-refractivity contribution in [3.63, 3.8) is 0 Å². The van der Waals surface area contributed by atoms with E-state index in [9.17, 15) is 57.9 Å². The number of allylic oxidation sites excluding steroid dienone is 3. The smallest absolute Gasteiger partial charge is 0.274 e. The molecule has 0 saturated carbocycles. The number of ether oxygens (including phenoxy) is 1. The second kappa shape index (κ2) is 34.8. The highest BCUT2D eigenvalue weighted by molar-refractivity contribution is 8.14. The number of amides is 2. The summed E-state index contributed by atoms with van der Waals surface area (Å²) in [6, 6.07) is 0. The van der Waals surface area contributed by atoms with Gasteiger partial charge in [0.1, 0.15) is 36.3 Å². The van der Waals surface area contributed by atoms with Crippen LogP contribution in [0.3, 0.4) is 0 Å². The Morgan fingerprint density at radius 3 is 1.97 bits per heavy atom. The Morgan fingerprint density at radius 2 is 1.39 bits per heavy atom. The Morgan fingerprint density at radius 1 is 0.827 bits per heavy atom. The highest BCUT2D eigenvalue weighted by atomic mass is 32.2. The molecule has 0 bridgehead atoms. The Kier molecular flexibility index (Phi) is 30.8. The van der Waals surface area contributed by atoms with E-state index < -0.39 is 84.6 Å². The number of thioether (sulfide) groups is 1. The molecule has 2 aromatic rings. The summed E-state index contributed by atoms with van der Waals surface area (Å²) >= 11 is 1.06. The molecule has 1 aliphatic heterocycles. The number of fused-ring (bicyclic) bond motifs is 1. The fourth-order valence-corrected chi connectivity index (χ4v) is 11.2. The van der Waals surface area contributed by atoms with Gasteiger partial charge in [0.05, 0.1) is 27.4 Å². The minimum Gasteiger partial charge on any atom is -0.790 e. The third-order valence-electron chi connectivity index (χ3n) is 12.1. The van der Waals surface area contributed by atoms with Crippen molar-refractivity contribution in [3.05, 3.63) is 37.0 Å². The molecule has 2 unspecified atom stereocenters. The van der Waals surface area contributed by atoms with Crippen LogP contribution < -0.4 is 35.9 Å². The molecule has 28 heteroatoms. The molecule has 3 rings (SSSR count). The number of phosphoric acid groups is 3. The molecule has 6 N–H and O–H groups in total. The van der Waals surface area contributed by atoms with Gasteiger partial charge in [0.25, 0.3) is 15.6 Å². The number of rotatable bonds is 41. The number of aromatic nitrogens is 4. The predicted molar refractivity (Wildman–Crippen MR) is 275 cm³/mol. The van der Waals surface area contributed by atoms with Crippen LogP contribution in [0.15, 0.2) is 37.0 Å². The molecule has 3 heterocycles. The summed E-state index contributed by atoms with van der Waals surface area (Å²) in [6.07, 6.45) is 25.7. The molecule has 2 aromatic heterocycles.